The molecule has 0 unspecified atom stereocenters. The fourth-order valence-corrected chi connectivity index (χ4v) is 8.72. The number of rotatable bonds is 6. The normalized spacial score (nSPS) is 29.3. The molecule has 8 rings (SSSR count). The van der Waals surface area contributed by atoms with E-state index in [2.05, 4.69) is 18.8 Å². The van der Waals surface area contributed by atoms with Crippen LogP contribution in [0.3, 0.4) is 0 Å². The molecule has 0 radical (unpaired) electrons. The Balaban J connectivity index is 0.000000190. The number of carbonyl (C=O) groups is 4. The summed E-state index contributed by atoms with van der Waals surface area (Å²) in [7, 11) is 0. The van der Waals surface area contributed by atoms with Crippen molar-refractivity contribution >= 4 is 35.0 Å². The number of hydrogen-bond acceptors (Lipinski definition) is 8. The number of piperidine rings is 1. The summed E-state index contributed by atoms with van der Waals surface area (Å²) in [5.74, 6) is -1.88. The van der Waals surface area contributed by atoms with Gasteiger partial charge in [0.05, 0.1) is 42.9 Å². The second kappa shape index (κ2) is 15.1. The lowest BCUT2D eigenvalue weighted by Crippen LogP contribution is -2.64. The van der Waals surface area contributed by atoms with Crippen LogP contribution in [0.15, 0.2) is 11.7 Å². The molecule has 6 heterocycles. The quantitative estimate of drug-likeness (QED) is 0.443. The Morgan fingerprint density at radius 2 is 1.66 bits per heavy atom. The molecule has 5 saturated heterocycles. The van der Waals surface area contributed by atoms with Gasteiger partial charge in [0.2, 0.25) is 17.7 Å². The lowest BCUT2D eigenvalue weighted by atomic mass is 9.71. The van der Waals surface area contributed by atoms with E-state index in [1.54, 1.807) is 21.5 Å². The van der Waals surface area contributed by atoms with Crippen molar-refractivity contribution in [2.45, 2.75) is 90.8 Å². The molecular formula is C35H54F3N5O6S. The largest absolute Gasteiger partial charge is 0.396 e. The number of primary amides is 1. The monoisotopic (exact) mass is 729 g/mol. The first-order valence-electron chi connectivity index (χ1n) is 17.9. The minimum atomic E-state index is -4.10. The molecule has 5 aliphatic heterocycles. The first-order chi connectivity index (χ1) is 23.5. The van der Waals surface area contributed by atoms with Gasteiger partial charge < -0.3 is 30.3 Å². The Bertz CT molecular complexity index is 1360. The zero-order valence-electron chi connectivity index (χ0n) is 29.4. The van der Waals surface area contributed by atoms with Gasteiger partial charge in [0.15, 0.2) is 0 Å². The highest BCUT2D eigenvalue weighted by Crippen LogP contribution is 2.54. The molecule has 282 valence electrons. The number of likely N-dealkylation sites (tertiary alicyclic amines) is 3. The number of alkyl halides is 3. The zero-order valence-corrected chi connectivity index (χ0v) is 30.2. The zero-order chi connectivity index (χ0) is 36.5. The topological polar surface area (TPSA) is 146 Å². The van der Waals surface area contributed by atoms with Gasteiger partial charge in [-0.25, -0.2) is 0 Å². The number of fused-ring (bicyclic) bond motifs is 3. The van der Waals surface area contributed by atoms with E-state index in [-0.39, 0.29) is 67.2 Å². The number of aliphatic hydroxyl groups excluding tert-OH is 1. The highest BCUT2D eigenvalue weighted by molar-refractivity contribution is 7.11. The molecule has 4 amide bonds. The first-order valence-corrected chi connectivity index (χ1v) is 18.7. The molecule has 0 aromatic carbocycles. The number of aromatic nitrogens is 1. The Kier molecular flexibility index (Phi) is 11.6. The average Bonchev–Trinajstić information content (AvgIpc) is 3.44. The van der Waals surface area contributed by atoms with Crippen molar-refractivity contribution in [2.24, 2.45) is 39.7 Å². The molecular weight excluding hydrogens is 675 g/mol. The van der Waals surface area contributed by atoms with Crippen LogP contribution in [-0.4, -0.2) is 113 Å². The summed E-state index contributed by atoms with van der Waals surface area (Å²) in [6.45, 7) is 9.53. The predicted octanol–water partition coefficient (Wildman–Crippen LogP) is 4.35. The summed E-state index contributed by atoms with van der Waals surface area (Å²) in [5.41, 5.74) is 7.09. The van der Waals surface area contributed by atoms with E-state index in [4.69, 9.17) is 15.6 Å². The minimum Gasteiger partial charge on any atom is -0.396 e. The van der Waals surface area contributed by atoms with Gasteiger partial charge in [-0.1, -0.05) is 20.8 Å². The summed E-state index contributed by atoms with van der Waals surface area (Å²) < 4.78 is 42.5. The maximum Gasteiger partial charge on any atom is 0.391 e. The molecule has 1 spiro atoms. The van der Waals surface area contributed by atoms with Crippen molar-refractivity contribution in [2.75, 3.05) is 52.5 Å². The molecule has 1 aromatic rings. The summed E-state index contributed by atoms with van der Waals surface area (Å²) in [6.07, 6.45) is 4.87. The number of nitrogens with zero attached hydrogens (tertiary/aromatic N) is 4. The van der Waals surface area contributed by atoms with Crippen LogP contribution in [0.1, 0.15) is 89.7 Å². The fraction of sp³-hybridized carbons (Fsp3) is 0.800. The van der Waals surface area contributed by atoms with Gasteiger partial charge in [0.25, 0.3) is 5.91 Å². The number of aliphatic hydroxyl groups is 1. The van der Waals surface area contributed by atoms with E-state index in [0.29, 0.717) is 50.2 Å². The lowest BCUT2D eigenvalue weighted by Gasteiger charge is -2.50. The summed E-state index contributed by atoms with van der Waals surface area (Å²) in [4.78, 5) is 58.1. The van der Waals surface area contributed by atoms with Crippen LogP contribution in [0.25, 0.3) is 0 Å². The van der Waals surface area contributed by atoms with Crippen LogP contribution in [0.5, 0.6) is 0 Å². The molecule has 7 fully saturated rings. The van der Waals surface area contributed by atoms with Crippen LogP contribution in [0.2, 0.25) is 0 Å². The molecule has 11 nitrogen and oxygen atoms in total. The Morgan fingerprint density at radius 3 is 2.10 bits per heavy atom. The molecule has 3 N–H and O–H groups in total. The average molecular weight is 730 g/mol. The van der Waals surface area contributed by atoms with Crippen molar-refractivity contribution in [3.05, 3.63) is 16.6 Å². The van der Waals surface area contributed by atoms with Crippen molar-refractivity contribution in [3.63, 3.8) is 0 Å². The highest BCUT2D eigenvalue weighted by atomic mass is 32.1. The molecule has 15 heteroatoms. The smallest absolute Gasteiger partial charge is 0.391 e. The van der Waals surface area contributed by atoms with Gasteiger partial charge in [-0.3, -0.25) is 24.2 Å². The third kappa shape index (κ3) is 8.46. The summed E-state index contributed by atoms with van der Waals surface area (Å²) in [6, 6.07) is 0. The second-order valence-corrected chi connectivity index (χ2v) is 16.8. The molecule has 1 aromatic heterocycles. The Hall–Kier alpha value is -2.78. The van der Waals surface area contributed by atoms with E-state index in [9.17, 15) is 32.3 Å². The molecule has 2 atom stereocenters. The van der Waals surface area contributed by atoms with Gasteiger partial charge >= 0.3 is 6.18 Å². The number of thiazole rings is 1. The number of amides is 4. The van der Waals surface area contributed by atoms with Gasteiger partial charge in [-0.15, -0.1) is 11.3 Å². The Morgan fingerprint density at radius 1 is 1.04 bits per heavy atom. The van der Waals surface area contributed by atoms with Crippen LogP contribution < -0.4 is 5.73 Å². The second-order valence-electron chi connectivity index (χ2n) is 15.9. The first kappa shape index (κ1) is 38.5. The van der Waals surface area contributed by atoms with Crippen LogP contribution >= 0.6 is 11.3 Å². The fourth-order valence-electron chi connectivity index (χ4n) is 8.13. The molecule has 2 bridgehead atoms. The summed E-state index contributed by atoms with van der Waals surface area (Å²) in [5, 5.41) is 9.09. The molecule has 2 aliphatic carbocycles. The van der Waals surface area contributed by atoms with Gasteiger partial charge in [0, 0.05) is 63.9 Å². The van der Waals surface area contributed by atoms with Crippen molar-refractivity contribution < 1.29 is 43.6 Å². The van der Waals surface area contributed by atoms with Gasteiger partial charge in [-0.2, -0.15) is 13.2 Å². The lowest BCUT2D eigenvalue weighted by molar-refractivity contribution is -0.186. The molecule has 7 aliphatic rings. The number of ether oxygens (including phenoxy) is 1. The number of halogens is 3. The van der Waals surface area contributed by atoms with Crippen LogP contribution in [-0.2, 0) is 19.1 Å². The van der Waals surface area contributed by atoms with E-state index in [1.807, 2.05) is 11.8 Å². The predicted molar refractivity (Wildman–Crippen MR) is 182 cm³/mol. The van der Waals surface area contributed by atoms with E-state index in [1.165, 1.54) is 37.0 Å². The van der Waals surface area contributed by atoms with Crippen molar-refractivity contribution in [3.8, 4) is 0 Å². The third-order valence-corrected chi connectivity index (χ3v) is 12.5. The van der Waals surface area contributed by atoms with Crippen molar-refractivity contribution in [1.82, 2.24) is 19.7 Å². The SMILES string of the molecule is CC1(C)C[C@@H]1C(=O)N1CC2(CN(C(=O)c3cncs3)C[C@H]2C(N)=O)C1.CCCC(=O)N1CCC(C(F)(F)F)CC1.OCC12CCC(CC1)OC2.[HH]. The third-order valence-electron chi connectivity index (χ3n) is 11.8. The summed E-state index contributed by atoms with van der Waals surface area (Å²) >= 11 is 1.29. The number of hydrogen-bond donors (Lipinski definition) is 2. The Labute approximate surface area is 297 Å². The maximum atomic E-state index is 12.6. The van der Waals surface area contributed by atoms with Gasteiger partial charge in [-0.05, 0) is 56.8 Å². The number of carbonyl (C=O) groups excluding carboxylic acids is 4. The highest BCUT2D eigenvalue weighted by Gasteiger charge is 2.61. The maximum absolute atomic E-state index is 12.6. The van der Waals surface area contributed by atoms with E-state index >= 15 is 0 Å². The number of nitrogens with two attached hydrogens (primary N) is 1. The van der Waals surface area contributed by atoms with Crippen LogP contribution in [0.4, 0.5) is 13.2 Å². The van der Waals surface area contributed by atoms with Crippen LogP contribution in [0, 0.1) is 34.0 Å². The van der Waals surface area contributed by atoms with Crippen molar-refractivity contribution in [1.29, 1.82) is 0 Å². The minimum absolute atomic E-state index is 0. The standard InChI is InChI=1S/C17H22N4O3S.C10H16F3NO.C8H14O2.H2/c1-16(2)3-10(16)14(23)21-7-17(8-21)6-20(5-11(17)13(18)22)15(24)12-4-19-9-25-12;1-2-3-9(15)14-6-4-8(5-7-14)10(11,12)13;9-5-8-3-1-7(2-4-8)10-6-8;/h4,9-11H,3,5-8H2,1-2H3,(H2,18,22);8H,2-7H2,1H3;7,9H,1-6H2;1H/t10-,11+;;;/m1.../s1. The van der Waals surface area contributed by atoms with Gasteiger partial charge in [0.1, 0.15) is 4.88 Å². The van der Waals surface area contributed by atoms with E-state index < -0.39 is 23.9 Å². The molecule has 50 heavy (non-hydrogen) atoms. The molecule has 2 saturated carbocycles. The van der Waals surface area contributed by atoms with E-state index in [0.717, 1.165) is 19.4 Å².